The van der Waals surface area contributed by atoms with Crippen LogP contribution in [0.15, 0.2) is 36.4 Å². The van der Waals surface area contributed by atoms with E-state index in [0.29, 0.717) is 10.6 Å². The monoisotopic (exact) mass is 504 g/mol. The van der Waals surface area contributed by atoms with E-state index in [1.165, 1.54) is 12.1 Å². The van der Waals surface area contributed by atoms with E-state index in [4.69, 9.17) is 61.3 Å². The summed E-state index contributed by atoms with van der Waals surface area (Å²) in [5.74, 6) is -3.30. The summed E-state index contributed by atoms with van der Waals surface area (Å²) in [5, 5.41) is 40.2. The summed E-state index contributed by atoms with van der Waals surface area (Å²) in [7, 11) is 0. The number of nitrogens with one attached hydrogen (secondary N) is 1. The quantitative estimate of drug-likeness (QED) is 0.506. The van der Waals surface area contributed by atoms with Crippen LogP contribution in [-0.4, -0.2) is 5.90 Å². The van der Waals surface area contributed by atoms with Gasteiger partial charge in [0.25, 0.3) is 0 Å². The van der Waals surface area contributed by atoms with Gasteiger partial charge in [0.2, 0.25) is 17.1 Å². The summed E-state index contributed by atoms with van der Waals surface area (Å²) < 4.78 is 12.3. The summed E-state index contributed by atoms with van der Waals surface area (Å²) in [5.41, 5.74) is -3.66. The molecule has 4 rings (SSSR count). The van der Waals surface area contributed by atoms with E-state index in [1.54, 1.807) is 31.2 Å². The lowest BCUT2D eigenvalue weighted by atomic mass is 9.53. The molecule has 0 aliphatic carbocycles. The summed E-state index contributed by atoms with van der Waals surface area (Å²) in [6.45, 7) is 1.58. The molecule has 2 aliphatic heterocycles. The number of halogens is 4. The molecule has 0 amide bonds. The van der Waals surface area contributed by atoms with Crippen molar-refractivity contribution < 1.29 is 9.47 Å². The Kier molecular flexibility index (Phi) is 5.34. The molecule has 1 N–H and O–H groups in total. The van der Waals surface area contributed by atoms with Crippen molar-refractivity contribution in [3.63, 3.8) is 0 Å². The second-order valence-corrected chi connectivity index (χ2v) is 9.17. The van der Waals surface area contributed by atoms with Crippen LogP contribution in [-0.2, 0) is 15.3 Å². The van der Waals surface area contributed by atoms with Crippen molar-refractivity contribution in [2.45, 2.75) is 18.8 Å². The molecule has 32 heavy (non-hydrogen) atoms. The lowest BCUT2D eigenvalue weighted by molar-refractivity contribution is -0.288. The molecule has 4 unspecified atom stereocenters. The van der Waals surface area contributed by atoms with Crippen LogP contribution < -0.4 is 0 Å². The van der Waals surface area contributed by atoms with Crippen LogP contribution in [0.1, 0.15) is 24.2 Å². The van der Waals surface area contributed by atoms with E-state index in [0.717, 1.165) is 0 Å². The minimum Gasteiger partial charge on any atom is -0.443 e. The predicted molar refractivity (Wildman–Crippen MR) is 118 cm³/mol. The molecule has 160 valence electrons. The van der Waals surface area contributed by atoms with Gasteiger partial charge in [-0.3, -0.25) is 5.41 Å². The first-order valence-electron chi connectivity index (χ1n) is 9.24. The van der Waals surface area contributed by atoms with Crippen molar-refractivity contribution in [3.8, 4) is 18.2 Å². The van der Waals surface area contributed by atoms with Gasteiger partial charge < -0.3 is 9.47 Å². The predicted octanol–water partition coefficient (Wildman–Crippen LogP) is 6.41. The third kappa shape index (κ3) is 2.58. The Balaban J connectivity index is 2.10. The van der Waals surface area contributed by atoms with Crippen LogP contribution in [0.4, 0.5) is 0 Å². The molecule has 2 saturated heterocycles. The summed E-state index contributed by atoms with van der Waals surface area (Å²) >= 11 is 25.1. The van der Waals surface area contributed by atoms with Crippen LogP contribution in [0.5, 0.6) is 0 Å². The first-order valence-corrected chi connectivity index (χ1v) is 10.8. The minimum absolute atomic E-state index is 0.0555. The largest absolute Gasteiger partial charge is 0.443 e. The molecule has 2 aromatic rings. The summed E-state index contributed by atoms with van der Waals surface area (Å²) in [4.78, 5) is 0. The van der Waals surface area contributed by atoms with Crippen LogP contribution in [0.25, 0.3) is 0 Å². The molecule has 2 aromatic carbocycles. The molecule has 0 spiro atoms. The summed E-state index contributed by atoms with van der Waals surface area (Å²) in [6.07, 6.45) is -1.39. The smallest absolute Gasteiger partial charge is 0.245 e. The third-order valence-electron chi connectivity index (χ3n) is 6.24. The van der Waals surface area contributed by atoms with Gasteiger partial charge >= 0.3 is 0 Å². The van der Waals surface area contributed by atoms with E-state index in [-0.39, 0.29) is 20.6 Å². The standard InChI is InChI=1S/C22H12Cl4N4O2/c1-11-21(10-29)19(30)32-22(11,14-6-5-12(23)7-16(14)25)31-18(20(21,8-27)9-28)13-3-2-4-15(24)17(13)26/h2-7,11,18,30H,1H3. The van der Waals surface area contributed by atoms with Gasteiger partial charge in [0.05, 0.1) is 39.2 Å². The van der Waals surface area contributed by atoms with Crippen molar-refractivity contribution in [2.24, 2.45) is 16.7 Å². The Morgan fingerprint density at radius 1 is 0.969 bits per heavy atom. The van der Waals surface area contributed by atoms with Crippen LogP contribution >= 0.6 is 46.4 Å². The van der Waals surface area contributed by atoms with Crippen molar-refractivity contribution >= 4 is 52.3 Å². The highest BCUT2D eigenvalue weighted by Gasteiger charge is 2.80. The molecule has 10 heteroatoms. The van der Waals surface area contributed by atoms with Crippen molar-refractivity contribution in [2.75, 3.05) is 0 Å². The zero-order chi connectivity index (χ0) is 23.5. The highest BCUT2D eigenvalue weighted by atomic mass is 35.5. The fourth-order valence-electron chi connectivity index (χ4n) is 4.62. The van der Waals surface area contributed by atoms with Crippen LogP contribution in [0, 0.1) is 56.2 Å². The van der Waals surface area contributed by atoms with Gasteiger partial charge in [-0.1, -0.05) is 65.5 Å². The molecule has 2 fully saturated rings. The zero-order valence-corrected chi connectivity index (χ0v) is 19.3. The molecular formula is C22H12Cl4N4O2. The lowest BCUT2D eigenvalue weighted by Crippen LogP contribution is -2.57. The van der Waals surface area contributed by atoms with Gasteiger partial charge in [-0.2, -0.15) is 15.8 Å². The Hall–Kier alpha value is -2.50. The number of benzene rings is 2. The average Bonchev–Trinajstić information content (AvgIpc) is 2.92. The second kappa shape index (κ2) is 7.53. The topological polar surface area (TPSA) is 114 Å². The van der Waals surface area contributed by atoms with E-state index in [9.17, 15) is 15.8 Å². The van der Waals surface area contributed by atoms with Crippen molar-refractivity contribution in [3.05, 3.63) is 67.6 Å². The van der Waals surface area contributed by atoms with Gasteiger partial charge in [0.15, 0.2) is 5.41 Å². The van der Waals surface area contributed by atoms with Crippen molar-refractivity contribution in [1.29, 1.82) is 21.2 Å². The number of ether oxygens (including phenoxy) is 2. The number of rotatable bonds is 2. The maximum Gasteiger partial charge on any atom is 0.245 e. The van der Waals surface area contributed by atoms with Gasteiger partial charge in [0, 0.05) is 16.1 Å². The molecule has 0 aromatic heterocycles. The Labute approximate surface area is 203 Å². The lowest BCUT2D eigenvalue weighted by Gasteiger charge is -2.49. The fourth-order valence-corrected chi connectivity index (χ4v) is 5.56. The molecule has 6 nitrogen and oxygen atoms in total. The third-order valence-corrected chi connectivity index (χ3v) is 7.62. The average molecular weight is 506 g/mol. The maximum absolute atomic E-state index is 10.3. The highest BCUT2D eigenvalue weighted by molar-refractivity contribution is 6.42. The number of hydrogen-bond donors (Lipinski definition) is 1. The molecule has 4 atom stereocenters. The SMILES string of the molecule is CC1C2(c3ccc(Cl)cc3Cl)OC(=N)C1(C#N)C(C#N)(C#N)C(c1cccc(Cl)c1Cl)O2. The zero-order valence-electron chi connectivity index (χ0n) is 16.3. The molecule has 2 bridgehead atoms. The Morgan fingerprint density at radius 2 is 1.66 bits per heavy atom. The van der Waals surface area contributed by atoms with Gasteiger partial charge in [-0.25, -0.2) is 0 Å². The second-order valence-electron chi connectivity index (χ2n) is 7.54. The molecule has 2 aliphatic rings. The molecular weight excluding hydrogens is 494 g/mol. The first kappa shape index (κ1) is 22.7. The first-order chi connectivity index (χ1) is 15.1. The number of nitriles is 3. The van der Waals surface area contributed by atoms with Gasteiger partial charge in [0.1, 0.15) is 6.10 Å². The maximum atomic E-state index is 10.3. The molecule has 0 radical (unpaired) electrons. The number of fused-ring (bicyclic) bond motifs is 2. The number of hydrogen-bond acceptors (Lipinski definition) is 6. The van der Waals surface area contributed by atoms with E-state index in [2.05, 4.69) is 0 Å². The highest BCUT2D eigenvalue weighted by Crippen LogP contribution is 2.69. The number of nitrogens with zero attached hydrogens (tertiary/aromatic N) is 3. The Bertz CT molecular complexity index is 1280. The van der Waals surface area contributed by atoms with E-state index >= 15 is 0 Å². The minimum atomic E-state index is -2.18. The normalized spacial score (nSPS) is 30.0. The van der Waals surface area contributed by atoms with Gasteiger partial charge in [-0.05, 0) is 24.3 Å². The van der Waals surface area contributed by atoms with Crippen molar-refractivity contribution in [1.82, 2.24) is 0 Å². The molecule has 2 heterocycles. The van der Waals surface area contributed by atoms with E-state index < -0.39 is 34.5 Å². The fraction of sp³-hybridized carbons (Fsp3) is 0.273. The van der Waals surface area contributed by atoms with Gasteiger partial charge in [-0.15, -0.1) is 0 Å². The Morgan fingerprint density at radius 3 is 2.25 bits per heavy atom. The van der Waals surface area contributed by atoms with E-state index in [1.807, 2.05) is 18.2 Å². The molecule has 0 saturated carbocycles. The van der Waals surface area contributed by atoms with Crippen LogP contribution in [0.3, 0.4) is 0 Å². The van der Waals surface area contributed by atoms with Crippen LogP contribution in [0.2, 0.25) is 20.1 Å². The summed E-state index contributed by atoms with van der Waals surface area (Å²) in [6, 6.07) is 15.2.